The first-order valence-corrected chi connectivity index (χ1v) is 7.21. The third-order valence-corrected chi connectivity index (χ3v) is 3.98. The Labute approximate surface area is 127 Å². The summed E-state index contributed by atoms with van der Waals surface area (Å²) in [4.78, 5) is 22.2. The maximum atomic E-state index is 12.0. The van der Waals surface area contributed by atoms with E-state index in [2.05, 4.69) is 17.5 Å². The smallest absolute Gasteiger partial charge is 0.267 e. The summed E-state index contributed by atoms with van der Waals surface area (Å²) in [7, 11) is 0. The number of nitro groups is 1. The van der Waals surface area contributed by atoms with Crippen molar-refractivity contribution in [3.05, 3.63) is 38.9 Å². The van der Waals surface area contributed by atoms with E-state index in [0.717, 1.165) is 37.5 Å². The first-order valence-electron chi connectivity index (χ1n) is 6.83. The molecule has 1 N–H and O–H groups in total. The fourth-order valence-electron chi connectivity index (χ4n) is 2.47. The predicted molar refractivity (Wildman–Crippen MR) is 80.6 cm³/mol. The van der Waals surface area contributed by atoms with Crippen LogP contribution in [-0.2, 0) is 0 Å². The molecule has 7 heteroatoms. The minimum atomic E-state index is -0.616. The van der Waals surface area contributed by atoms with E-state index in [1.54, 1.807) is 0 Å². The molecule has 1 fully saturated rings. The predicted octanol–water partition coefficient (Wildman–Crippen LogP) is 3.54. The molecule has 1 atom stereocenters. The zero-order valence-electron chi connectivity index (χ0n) is 11.6. The van der Waals surface area contributed by atoms with E-state index in [1.165, 1.54) is 12.1 Å². The summed E-state index contributed by atoms with van der Waals surface area (Å²) in [5.41, 5.74) is 3.35. The molecule has 1 aliphatic carbocycles. The molecule has 0 saturated heterocycles. The third-order valence-electron chi connectivity index (χ3n) is 3.66. The van der Waals surface area contributed by atoms with Gasteiger partial charge in [-0.1, -0.05) is 18.5 Å². The van der Waals surface area contributed by atoms with Crippen molar-refractivity contribution in [3.63, 3.8) is 0 Å². The number of hydrogen-bond donors (Lipinski definition) is 1. The van der Waals surface area contributed by atoms with Crippen molar-refractivity contribution in [2.75, 3.05) is 0 Å². The Morgan fingerprint density at radius 1 is 1.57 bits per heavy atom. The second-order valence-electron chi connectivity index (χ2n) is 4.96. The van der Waals surface area contributed by atoms with Crippen molar-refractivity contribution >= 4 is 28.9 Å². The molecule has 0 heterocycles. The molecule has 0 aliphatic heterocycles. The number of nitrogens with zero attached hydrogens (tertiary/aromatic N) is 2. The van der Waals surface area contributed by atoms with Gasteiger partial charge in [0.2, 0.25) is 0 Å². The number of amides is 1. The molecular weight excluding hydrogens is 294 g/mol. The summed E-state index contributed by atoms with van der Waals surface area (Å²) in [6, 6.07) is 3.94. The van der Waals surface area contributed by atoms with Gasteiger partial charge in [-0.05, 0) is 43.7 Å². The Morgan fingerprint density at radius 3 is 3.00 bits per heavy atom. The molecule has 1 aromatic rings. The third kappa shape index (κ3) is 3.58. The maximum absolute atomic E-state index is 12.0. The van der Waals surface area contributed by atoms with E-state index in [-0.39, 0.29) is 16.3 Å². The Hall–Kier alpha value is -1.95. The van der Waals surface area contributed by atoms with E-state index in [1.807, 2.05) is 0 Å². The Balaban J connectivity index is 2.12. The minimum Gasteiger partial charge on any atom is -0.267 e. The van der Waals surface area contributed by atoms with Crippen LogP contribution in [0.4, 0.5) is 5.69 Å². The largest absolute Gasteiger partial charge is 0.288 e. The van der Waals surface area contributed by atoms with Gasteiger partial charge in [0.15, 0.2) is 0 Å². The van der Waals surface area contributed by atoms with Gasteiger partial charge in [-0.25, -0.2) is 5.43 Å². The zero-order chi connectivity index (χ0) is 15.4. The molecule has 0 spiro atoms. The lowest BCUT2D eigenvalue weighted by Crippen LogP contribution is -2.21. The average molecular weight is 310 g/mol. The van der Waals surface area contributed by atoms with E-state index in [4.69, 9.17) is 11.6 Å². The normalized spacial score (nSPS) is 19.7. The topological polar surface area (TPSA) is 84.6 Å². The highest BCUT2D eigenvalue weighted by Gasteiger charge is 2.21. The standard InChI is InChI=1S/C14H16ClN3O3/c1-2-9-4-3-5-12(9)16-17-14(19)10-6-7-11(15)13(8-10)18(20)21/h6-9H,2-5H2,1H3,(H,17,19)/b16-12+. The van der Waals surface area contributed by atoms with Gasteiger partial charge >= 0.3 is 0 Å². The van der Waals surface area contributed by atoms with Crippen molar-refractivity contribution < 1.29 is 9.72 Å². The molecule has 1 aromatic carbocycles. The van der Waals surface area contributed by atoms with Crippen molar-refractivity contribution in [2.24, 2.45) is 11.0 Å². The van der Waals surface area contributed by atoms with Crippen LogP contribution in [0.15, 0.2) is 23.3 Å². The molecule has 21 heavy (non-hydrogen) atoms. The summed E-state index contributed by atoms with van der Waals surface area (Å²) in [5, 5.41) is 15.0. The second-order valence-corrected chi connectivity index (χ2v) is 5.37. The van der Waals surface area contributed by atoms with Crippen LogP contribution in [-0.4, -0.2) is 16.5 Å². The van der Waals surface area contributed by atoms with E-state index >= 15 is 0 Å². The molecular formula is C14H16ClN3O3. The highest BCUT2D eigenvalue weighted by atomic mass is 35.5. The number of hydrazone groups is 1. The molecule has 6 nitrogen and oxygen atoms in total. The van der Waals surface area contributed by atoms with Crippen LogP contribution >= 0.6 is 11.6 Å². The van der Waals surface area contributed by atoms with E-state index in [0.29, 0.717) is 5.92 Å². The maximum Gasteiger partial charge on any atom is 0.288 e. The van der Waals surface area contributed by atoms with Crippen molar-refractivity contribution in [3.8, 4) is 0 Å². The van der Waals surface area contributed by atoms with Crippen LogP contribution in [0.2, 0.25) is 5.02 Å². The SMILES string of the molecule is CCC1CCC/C1=N\NC(=O)c1ccc(Cl)c([N+](=O)[O-])c1. The first-order chi connectivity index (χ1) is 10.0. The molecule has 1 saturated carbocycles. The van der Waals surface area contributed by atoms with Gasteiger partial charge in [-0.2, -0.15) is 5.10 Å². The molecule has 0 bridgehead atoms. The zero-order valence-corrected chi connectivity index (χ0v) is 12.4. The van der Waals surface area contributed by atoms with Gasteiger partial charge < -0.3 is 0 Å². The van der Waals surface area contributed by atoms with Crippen LogP contribution in [0.3, 0.4) is 0 Å². The summed E-state index contributed by atoms with van der Waals surface area (Å²) >= 11 is 5.71. The molecule has 1 unspecified atom stereocenters. The average Bonchev–Trinajstić information content (AvgIpc) is 2.92. The molecule has 0 aromatic heterocycles. The Morgan fingerprint density at radius 2 is 2.33 bits per heavy atom. The van der Waals surface area contributed by atoms with Gasteiger partial charge in [0.1, 0.15) is 5.02 Å². The lowest BCUT2D eigenvalue weighted by Gasteiger charge is -2.07. The fourth-order valence-corrected chi connectivity index (χ4v) is 2.65. The number of rotatable bonds is 4. The molecule has 1 aliphatic rings. The number of benzene rings is 1. The van der Waals surface area contributed by atoms with Crippen LogP contribution in [0.5, 0.6) is 0 Å². The van der Waals surface area contributed by atoms with Crippen LogP contribution < -0.4 is 5.43 Å². The highest BCUT2D eigenvalue weighted by molar-refractivity contribution is 6.32. The van der Waals surface area contributed by atoms with Crippen LogP contribution in [0.25, 0.3) is 0 Å². The first kappa shape index (κ1) is 15.4. The lowest BCUT2D eigenvalue weighted by atomic mass is 10.0. The molecule has 2 rings (SSSR count). The van der Waals surface area contributed by atoms with E-state index < -0.39 is 10.8 Å². The van der Waals surface area contributed by atoms with Crippen LogP contribution in [0, 0.1) is 16.0 Å². The van der Waals surface area contributed by atoms with E-state index in [9.17, 15) is 14.9 Å². The van der Waals surface area contributed by atoms with Crippen molar-refractivity contribution in [1.82, 2.24) is 5.43 Å². The van der Waals surface area contributed by atoms with Crippen LogP contribution in [0.1, 0.15) is 43.0 Å². The summed E-state index contributed by atoms with van der Waals surface area (Å²) in [5.74, 6) is -0.0473. The molecule has 1 amide bonds. The summed E-state index contributed by atoms with van der Waals surface area (Å²) < 4.78 is 0. The number of nitrogens with one attached hydrogen (secondary N) is 1. The monoisotopic (exact) mass is 309 g/mol. The highest BCUT2D eigenvalue weighted by Crippen LogP contribution is 2.26. The minimum absolute atomic E-state index is 0.00436. The number of carbonyl (C=O) groups excluding carboxylic acids is 1. The summed E-state index contributed by atoms with van der Waals surface area (Å²) in [6.45, 7) is 2.09. The van der Waals surface area contributed by atoms with Gasteiger partial charge in [0, 0.05) is 17.3 Å². The number of hydrogen-bond acceptors (Lipinski definition) is 4. The Kier molecular flexibility index (Phi) is 4.90. The lowest BCUT2D eigenvalue weighted by molar-refractivity contribution is -0.384. The quantitative estimate of drug-likeness (QED) is 0.682. The van der Waals surface area contributed by atoms with Gasteiger partial charge in [0.05, 0.1) is 4.92 Å². The Bertz CT molecular complexity index is 601. The molecule has 0 radical (unpaired) electrons. The molecule has 112 valence electrons. The number of carbonyl (C=O) groups is 1. The van der Waals surface area contributed by atoms with Gasteiger partial charge in [-0.15, -0.1) is 0 Å². The van der Waals surface area contributed by atoms with Crippen molar-refractivity contribution in [1.29, 1.82) is 0 Å². The number of halogens is 1. The second kappa shape index (κ2) is 6.67. The summed E-state index contributed by atoms with van der Waals surface area (Å²) in [6.07, 6.45) is 4.07. The number of nitro benzene ring substituents is 1. The van der Waals surface area contributed by atoms with Crippen molar-refractivity contribution in [2.45, 2.75) is 32.6 Å². The fraction of sp³-hybridized carbons (Fsp3) is 0.429. The van der Waals surface area contributed by atoms with Gasteiger partial charge in [0.25, 0.3) is 11.6 Å². The van der Waals surface area contributed by atoms with Gasteiger partial charge in [-0.3, -0.25) is 14.9 Å².